The Bertz CT molecular complexity index is 1480. The Kier molecular flexibility index (Phi) is 5.32. The molecule has 3 aromatic carbocycles. The van der Waals surface area contributed by atoms with Crippen LogP contribution in [0.4, 0.5) is 14.5 Å². The maximum Gasteiger partial charge on any atom is 0.272 e. The molecule has 0 spiro atoms. The molecule has 0 aliphatic heterocycles. The first-order valence-electron chi connectivity index (χ1n) is 9.10. The number of fused-ring (bicyclic) bond motifs is 1. The van der Waals surface area contributed by atoms with E-state index in [1.165, 1.54) is 35.0 Å². The number of hydrogen-bond donors (Lipinski definition) is 2. The Morgan fingerprint density at radius 2 is 1.84 bits per heavy atom. The van der Waals surface area contributed by atoms with Crippen LogP contribution in [-0.2, 0) is 16.6 Å². The van der Waals surface area contributed by atoms with Gasteiger partial charge in [0.2, 0.25) is 0 Å². The lowest BCUT2D eigenvalue weighted by molar-refractivity contribution is 0.506. The number of aromatic amines is 1. The van der Waals surface area contributed by atoms with Gasteiger partial charge in [0.1, 0.15) is 0 Å². The molecule has 6 nitrogen and oxygen atoms in total. The van der Waals surface area contributed by atoms with Gasteiger partial charge < -0.3 is 0 Å². The molecule has 10 heteroatoms. The van der Waals surface area contributed by atoms with Crippen LogP contribution in [0.1, 0.15) is 11.1 Å². The average Bonchev–Trinajstić information content (AvgIpc) is 3.01. The standard InChI is InChI=1S/C21H16ClF2N3O3S/c1-12-16(22)3-2-4-20(12)31(29,30)26-14-6-8-19-15(10-14)21(28)25-27(19)11-13-5-7-17(23)18(24)9-13/h2-10,26H,11H2,1H3,(H,25,28). The van der Waals surface area contributed by atoms with Gasteiger partial charge in [-0.25, -0.2) is 17.2 Å². The van der Waals surface area contributed by atoms with Gasteiger partial charge in [-0.3, -0.25) is 19.3 Å². The van der Waals surface area contributed by atoms with Gasteiger partial charge in [-0.2, -0.15) is 0 Å². The summed E-state index contributed by atoms with van der Waals surface area (Å²) < 4.78 is 56.1. The van der Waals surface area contributed by atoms with E-state index >= 15 is 0 Å². The molecule has 0 amide bonds. The molecule has 1 aromatic heterocycles. The lowest BCUT2D eigenvalue weighted by Crippen LogP contribution is -2.14. The van der Waals surface area contributed by atoms with Crippen molar-refractivity contribution in [2.24, 2.45) is 0 Å². The number of aromatic nitrogens is 2. The smallest absolute Gasteiger partial charge is 0.272 e. The normalized spacial score (nSPS) is 11.7. The summed E-state index contributed by atoms with van der Waals surface area (Å²) in [6, 6.07) is 12.5. The number of nitrogens with one attached hydrogen (secondary N) is 2. The maximum absolute atomic E-state index is 13.5. The minimum absolute atomic E-state index is 0.0323. The minimum atomic E-state index is -3.93. The van der Waals surface area contributed by atoms with Crippen LogP contribution in [0, 0.1) is 18.6 Å². The summed E-state index contributed by atoms with van der Waals surface area (Å²) in [4.78, 5) is 12.4. The fraction of sp³-hybridized carbons (Fsp3) is 0.0952. The first-order valence-corrected chi connectivity index (χ1v) is 11.0. The molecule has 4 rings (SSSR count). The molecule has 2 N–H and O–H groups in total. The summed E-state index contributed by atoms with van der Waals surface area (Å²) in [5, 5.41) is 3.19. The molecular formula is C21H16ClF2N3O3S. The lowest BCUT2D eigenvalue weighted by Gasteiger charge is -2.11. The molecule has 0 bridgehead atoms. The van der Waals surface area contributed by atoms with Gasteiger partial charge in [0, 0.05) is 10.7 Å². The van der Waals surface area contributed by atoms with Crippen LogP contribution in [0.25, 0.3) is 10.9 Å². The van der Waals surface area contributed by atoms with Crippen molar-refractivity contribution in [3.8, 4) is 0 Å². The zero-order chi connectivity index (χ0) is 22.3. The second-order valence-corrected chi connectivity index (χ2v) is 9.03. The van der Waals surface area contributed by atoms with Crippen molar-refractivity contribution in [3.63, 3.8) is 0 Å². The Morgan fingerprint density at radius 1 is 1.06 bits per heavy atom. The topological polar surface area (TPSA) is 84.0 Å². The van der Waals surface area contributed by atoms with Crippen molar-refractivity contribution in [1.29, 1.82) is 0 Å². The third kappa shape index (κ3) is 4.06. The van der Waals surface area contributed by atoms with Crippen molar-refractivity contribution in [3.05, 3.63) is 92.7 Å². The van der Waals surface area contributed by atoms with Crippen molar-refractivity contribution in [2.45, 2.75) is 18.4 Å². The van der Waals surface area contributed by atoms with Crippen LogP contribution < -0.4 is 10.3 Å². The highest BCUT2D eigenvalue weighted by atomic mass is 35.5. The Hall–Kier alpha value is -3.17. The van der Waals surface area contributed by atoms with Crippen molar-refractivity contribution < 1.29 is 17.2 Å². The largest absolute Gasteiger partial charge is 0.280 e. The summed E-state index contributed by atoms with van der Waals surface area (Å²) in [5.74, 6) is -1.94. The van der Waals surface area contributed by atoms with E-state index in [9.17, 15) is 22.0 Å². The van der Waals surface area contributed by atoms with Crippen molar-refractivity contribution >= 4 is 38.2 Å². The number of benzene rings is 3. The Morgan fingerprint density at radius 3 is 2.58 bits per heavy atom. The summed E-state index contributed by atoms with van der Waals surface area (Å²) in [7, 11) is -3.93. The van der Waals surface area contributed by atoms with Gasteiger partial charge in [-0.15, -0.1) is 0 Å². The van der Waals surface area contributed by atoms with Gasteiger partial charge in [0.25, 0.3) is 15.6 Å². The molecule has 4 aromatic rings. The van der Waals surface area contributed by atoms with Crippen LogP contribution in [-0.4, -0.2) is 18.2 Å². The average molecular weight is 464 g/mol. The highest BCUT2D eigenvalue weighted by Gasteiger charge is 2.19. The molecule has 31 heavy (non-hydrogen) atoms. The number of halogens is 3. The molecule has 0 radical (unpaired) electrons. The van der Waals surface area contributed by atoms with E-state index in [1.54, 1.807) is 19.1 Å². The number of rotatable bonds is 5. The van der Waals surface area contributed by atoms with Gasteiger partial charge in [-0.05, 0) is 60.5 Å². The molecule has 0 fully saturated rings. The van der Waals surface area contributed by atoms with E-state index in [0.717, 1.165) is 12.1 Å². The lowest BCUT2D eigenvalue weighted by atomic mass is 10.2. The third-order valence-electron chi connectivity index (χ3n) is 4.85. The first-order chi connectivity index (χ1) is 14.7. The van der Waals surface area contributed by atoms with Gasteiger partial charge >= 0.3 is 0 Å². The van der Waals surface area contributed by atoms with Crippen molar-refractivity contribution in [2.75, 3.05) is 4.72 Å². The van der Waals surface area contributed by atoms with Gasteiger partial charge in [-0.1, -0.05) is 23.7 Å². The summed E-state index contributed by atoms with van der Waals surface area (Å²) in [5.41, 5.74) is 1.10. The fourth-order valence-electron chi connectivity index (χ4n) is 3.29. The molecule has 0 atom stereocenters. The monoisotopic (exact) mass is 463 g/mol. The Labute approximate surface area is 181 Å². The second-order valence-electron chi connectivity index (χ2n) is 6.98. The highest BCUT2D eigenvalue weighted by molar-refractivity contribution is 7.92. The van der Waals surface area contributed by atoms with Crippen LogP contribution in [0.5, 0.6) is 0 Å². The zero-order valence-electron chi connectivity index (χ0n) is 16.1. The third-order valence-corrected chi connectivity index (χ3v) is 6.79. The first kappa shape index (κ1) is 21.1. The number of sulfonamides is 1. The molecular weight excluding hydrogens is 448 g/mol. The highest BCUT2D eigenvalue weighted by Crippen LogP contribution is 2.26. The van der Waals surface area contributed by atoms with Crippen LogP contribution >= 0.6 is 11.6 Å². The predicted octanol–water partition coefficient (Wildman–Crippen LogP) is 4.42. The summed E-state index contributed by atoms with van der Waals surface area (Å²) in [6.45, 7) is 1.70. The summed E-state index contributed by atoms with van der Waals surface area (Å²) >= 11 is 6.02. The molecule has 0 aliphatic carbocycles. The molecule has 0 saturated heterocycles. The van der Waals surface area contributed by atoms with Gasteiger partial charge in [0.05, 0.1) is 22.3 Å². The zero-order valence-corrected chi connectivity index (χ0v) is 17.7. The van der Waals surface area contributed by atoms with E-state index in [4.69, 9.17) is 11.6 Å². The van der Waals surface area contributed by atoms with Crippen molar-refractivity contribution in [1.82, 2.24) is 9.78 Å². The van der Waals surface area contributed by atoms with E-state index in [2.05, 4.69) is 9.82 Å². The van der Waals surface area contributed by atoms with Crippen LogP contribution in [0.3, 0.4) is 0 Å². The van der Waals surface area contributed by atoms with Crippen LogP contribution in [0.2, 0.25) is 5.02 Å². The van der Waals surface area contributed by atoms with E-state index in [0.29, 0.717) is 21.7 Å². The molecule has 1 heterocycles. The number of H-pyrrole nitrogens is 1. The predicted molar refractivity (Wildman–Crippen MR) is 115 cm³/mol. The molecule has 0 saturated carbocycles. The number of nitrogens with zero attached hydrogens (tertiary/aromatic N) is 1. The molecule has 0 unspecified atom stereocenters. The molecule has 160 valence electrons. The van der Waals surface area contributed by atoms with Crippen LogP contribution in [0.15, 0.2) is 64.3 Å². The van der Waals surface area contributed by atoms with E-state index in [-0.39, 0.29) is 22.5 Å². The van der Waals surface area contributed by atoms with E-state index < -0.39 is 27.2 Å². The number of anilines is 1. The SMILES string of the molecule is Cc1c(Cl)cccc1S(=O)(=O)Nc1ccc2c(c1)c(=O)[nH]n2Cc1ccc(F)c(F)c1. The minimum Gasteiger partial charge on any atom is -0.280 e. The molecule has 0 aliphatic rings. The maximum atomic E-state index is 13.5. The quantitative estimate of drug-likeness (QED) is 0.459. The number of hydrogen-bond acceptors (Lipinski definition) is 3. The summed E-state index contributed by atoms with van der Waals surface area (Å²) in [6.07, 6.45) is 0. The Balaban J connectivity index is 1.67. The second kappa shape index (κ2) is 7.82. The van der Waals surface area contributed by atoms with E-state index in [1.807, 2.05) is 0 Å². The van der Waals surface area contributed by atoms with Gasteiger partial charge in [0.15, 0.2) is 11.6 Å². The fourth-order valence-corrected chi connectivity index (χ4v) is 4.84.